The van der Waals surface area contributed by atoms with E-state index in [-0.39, 0.29) is 6.10 Å². The van der Waals surface area contributed by atoms with Crippen LogP contribution >= 0.6 is 6.89 Å². The lowest BCUT2D eigenvalue weighted by molar-refractivity contribution is 0.182. The third-order valence-electron chi connectivity index (χ3n) is 4.72. The molecule has 0 aromatic heterocycles. The first-order valence-corrected chi connectivity index (χ1v) is 11.2. The molecule has 1 N–H and O–H groups in total. The highest BCUT2D eigenvalue weighted by Crippen LogP contribution is 2.44. The molecule has 0 aliphatic carbocycles. The molecule has 26 heavy (non-hydrogen) atoms. The maximum absolute atomic E-state index is 9.63. The van der Waals surface area contributed by atoms with Gasteiger partial charge in [0.05, 0.1) is 6.10 Å². The first kappa shape index (κ1) is 18.7. The Labute approximate surface area is 157 Å². The van der Waals surface area contributed by atoms with E-state index < -0.39 is 6.89 Å². The van der Waals surface area contributed by atoms with Gasteiger partial charge in [-0.1, -0.05) is 96.8 Å². The number of benzene rings is 3. The molecule has 0 spiro atoms. The van der Waals surface area contributed by atoms with E-state index in [9.17, 15) is 5.11 Å². The summed E-state index contributed by atoms with van der Waals surface area (Å²) in [5.41, 5.74) is 0. The van der Waals surface area contributed by atoms with E-state index >= 15 is 0 Å². The summed E-state index contributed by atoms with van der Waals surface area (Å²) in [5.74, 6) is 2.54. The Morgan fingerprint density at radius 3 is 1.46 bits per heavy atom. The third kappa shape index (κ3) is 4.18. The molecule has 1 nitrogen and oxygen atoms in total. The minimum atomic E-state index is -1.82. The van der Waals surface area contributed by atoms with Gasteiger partial charge < -0.3 is 5.11 Å². The summed E-state index contributed by atoms with van der Waals surface area (Å²) in [6, 6.07) is 32.7. The van der Waals surface area contributed by atoms with E-state index in [1.165, 1.54) is 15.9 Å². The maximum Gasteiger partial charge on any atom is 0.0512 e. The van der Waals surface area contributed by atoms with Crippen molar-refractivity contribution in [2.75, 3.05) is 0 Å². The lowest BCUT2D eigenvalue weighted by Gasteiger charge is -2.29. The molecule has 0 bridgehead atoms. The summed E-state index contributed by atoms with van der Waals surface area (Å²) in [6.07, 6.45) is 2.61. The van der Waals surface area contributed by atoms with Crippen LogP contribution in [-0.2, 0) is 0 Å². The van der Waals surface area contributed by atoms with Crippen LogP contribution in [0.4, 0.5) is 0 Å². The first-order valence-electron chi connectivity index (χ1n) is 9.31. The van der Waals surface area contributed by atoms with Crippen molar-refractivity contribution in [1.29, 1.82) is 0 Å². The number of rotatable bonds is 7. The lowest BCUT2D eigenvalue weighted by Crippen LogP contribution is -2.27. The van der Waals surface area contributed by atoms with E-state index in [2.05, 4.69) is 96.8 Å². The average Bonchev–Trinajstić information content (AvgIpc) is 2.70. The Morgan fingerprint density at radius 1 is 0.731 bits per heavy atom. The fourth-order valence-corrected chi connectivity index (χ4v) is 7.48. The van der Waals surface area contributed by atoms with Gasteiger partial charge in [0.1, 0.15) is 0 Å². The quantitative estimate of drug-likeness (QED) is 0.490. The molecular weight excluding hydrogens is 335 g/mol. The number of unbranched alkanes of at least 4 members (excludes halogenated alkanes) is 1. The molecule has 0 heterocycles. The predicted octanol–water partition coefficient (Wildman–Crippen LogP) is 4.33. The lowest BCUT2D eigenvalue weighted by atomic mass is 10.2. The average molecular weight is 362 g/mol. The Hall–Kier alpha value is -2.08. The molecule has 1 unspecified atom stereocenters. The van der Waals surface area contributed by atoms with Crippen molar-refractivity contribution in [1.82, 2.24) is 0 Å². The molecule has 0 saturated carbocycles. The van der Waals surface area contributed by atoms with E-state index in [0.29, 0.717) is 0 Å². The standard InChI is InChI=1S/C24H27OP/c1-21(25)13-11-12-20-26(22-14-5-2-6-15-22,23-16-7-3-8-17-23)24-18-9-4-10-19-24/h2-10,14-21,25H,11-13H2,1H3. The van der Waals surface area contributed by atoms with Gasteiger partial charge in [0.25, 0.3) is 0 Å². The summed E-state index contributed by atoms with van der Waals surface area (Å²) in [4.78, 5) is 0. The SMILES string of the molecule is CC(O)CCCC=P(c1ccccc1)(c1ccccc1)c1ccccc1. The van der Waals surface area contributed by atoms with Crippen molar-refractivity contribution in [3.8, 4) is 0 Å². The molecule has 0 aliphatic rings. The van der Waals surface area contributed by atoms with Crippen molar-refractivity contribution in [3.63, 3.8) is 0 Å². The summed E-state index contributed by atoms with van der Waals surface area (Å²) in [7, 11) is 0. The van der Waals surface area contributed by atoms with E-state index in [4.69, 9.17) is 0 Å². The second-order valence-electron chi connectivity index (χ2n) is 6.69. The number of aliphatic hydroxyl groups excluding tert-OH is 1. The van der Waals surface area contributed by atoms with E-state index in [1.807, 2.05) is 6.92 Å². The van der Waals surface area contributed by atoms with Crippen LogP contribution in [-0.4, -0.2) is 17.0 Å². The zero-order valence-electron chi connectivity index (χ0n) is 15.3. The largest absolute Gasteiger partial charge is 0.393 e. The highest BCUT2D eigenvalue weighted by molar-refractivity contribution is 7.94. The van der Waals surface area contributed by atoms with Gasteiger partial charge in [-0.25, -0.2) is 0 Å². The number of hydrogen-bond donors (Lipinski definition) is 1. The molecule has 0 fully saturated rings. The zero-order chi connectivity index (χ0) is 18.2. The summed E-state index contributed by atoms with van der Waals surface area (Å²) < 4.78 is 0. The fraction of sp³-hybridized carbons (Fsp3) is 0.208. The second-order valence-corrected chi connectivity index (χ2v) is 10.1. The molecule has 0 saturated heterocycles. The number of hydrogen-bond acceptors (Lipinski definition) is 1. The minimum Gasteiger partial charge on any atom is -0.393 e. The van der Waals surface area contributed by atoms with Gasteiger partial charge in [0.2, 0.25) is 0 Å². The zero-order valence-corrected chi connectivity index (χ0v) is 16.2. The van der Waals surface area contributed by atoms with Crippen LogP contribution in [0.2, 0.25) is 0 Å². The molecule has 3 aromatic rings. The topological polar surface area (TPSA) is 20.2 Å². The van der Waals surface area contributed by atoms with Gasteiger partial charge in [0, 0.05) is 0 Å². The van der Waals surface area contributed by atoms with Crippen LogP contribution in [0.3, 0.4) is 0 Å². The molecule has 2 heteroatoms. The first-order chi connectivity index (χ1) is 12.7. The van der Waals surface area contributed by atoms with Gasteiger partial charge >= 0.3 is 0 Å². The summed E-state index contributed by atoms with van der Waals surface area (Å²) >= 11 is 0. The van der Waals surface area contributed by atoms with Gasteiger partial charge in [-0.05, 0) is 49.0 Å². The molecule has 3 rings (SSSR count). The van der Waals surface area contributed by atoms with Crippen molar-refractivity contribution in [3.05, 3.63) is 91.0 Å². The van der Waals surface area contributed by atoms with Gasteiger partial charge in [-0.2, -0.15) is 0 Å². The van der Waals surface area contributed by atoms with Crippen LogP contribution in [0.1, 0.15) is 26.2 Å². The Kier molecular flexibility index (Phi) is 6.50. The summed E-state index contributed by atoms with van der Waals surface area (Å²) in [5, 5.41) is 13.8. The van der Waals surface area contributed by atoms with Gasteiger partial charge in [-0.15, -0.1) is 0 Å². The van der Waals surface area contributed by atoms with Crippen molar-refractivity contribution < 1.29 is 5.11 Å². The molecule has 134 valence electrons. The molecule has 3 aromatic carbocycles. The Balaban J connectivity index is 2.20. The molecule has 0 amide bonds. The molecule has 1 atom stereocenters. The van der Waals surface area contributed by atoms with E-state index in [0.717, 1.165) is 19.3 Å². The summed E-state index contributed by atoms with van der Waals surface area (Å²) in [6.45, 7) is 0.0492. The van der Waals surface area contributed by atoms with Crippen LogP contribution in [0, 0.1) is 0 Å². The van der Waals surface area contributed by atoms with Crippen LogP contribution in [0.25, 0.3) is 0 Å². The Bertz CT molecular complexity index is 736. The van der Waals surface area contributed by atoms with Crippen molar-refractivity contribution in [2.45, 2.75) is 32.3 Å². The van der Waals surface area contributed by atoms with Gasteiger partial charge in [0.15, 0.2) is 0 Å². The van der Waals surface area contributed by atoms with Crippen molar-refractivity contribution in [2.24, 2.45) is 0 Å². The van der Waals surface area contributed by atoms with E-state index in [1.54, 1.807) is 0 Å². The Morgan fingerprint density at radius 2 is 1.12 bits per heavy atom. The van der Waals surface area contributed by atoms with Crippen LogP contribution in [0.15, 0.2) is 91.0 Å². The minimum absolute atomic E-state index is 0.235. The second kappa shape index (κ2) is 9.03. The van der Waals surface area contributed by atoms with Crippen molar-refractivity contribution >= 4 is 28.6 Å². The van der Waals surface area contributed by atoms with Gasteiger partial charge in [-0.3, -0.25) is 0 Å². The molecule has 0 aliphatic heterocycles. The maximum atomic E-state index is 9.63. The highest BCUT2D eigenvalue weighted by atomic mass is 31.2. The fourth-order valence-electron chi connectivity index (χ4n) is 3.45. The highest BCUT2D eigenvalue weighted by Gasteiger charge is 2.24. The van der Waals surface area contributed by atoms with Crippen LogP contribution < -0.4 is 15.9 Å². The predicted molar refractivity (Wildman–Crippen MR) is 117 cm³/mol. The smallest absolute Gasteiger partial charge is 0.0512 e. The number of aliphatic hydroxyl groups is 1. The monoisotopic (exact) mass is 362 g/mol. The third-order valence-corrected chi connectivity index (χ3v) is 8.86. The molecule has 0 radical (unpaired) electrons. The normalized spacial score (nSPS) is 12.5. The molecular formula is C24H27OP. The van der Waals surface area contributed by atoms with Crippen LogP contribution in [0.5, 0.6) is 0 Å².